The Morgan fingerprint density at radius 2 is 1.69 bits per heavy atom. The van der Waals surface area contributed by atoms with Gasteiger partial charge in [-0.2, -0.15) is 0 Å². The molecule has 0 aromatic heterocycles. The predicted octanol–water partition coefficient (Wildman–Crippen LogP) is 3.94. The van der Waals surface area contributed by atoms with E-state index in [9.17, 15) is 0 Å². The van der Waals surface area contributed by atoms with E-state index < -0.39 is 0 Å². The molecule has 0 rings (SSSR count). The Bertz CT molecular complexity index is 99.3. The highest BCUT2D eigenvalue weighted by Gasteiger charge is 1.89. The van der Waals surface area contributed by atoms with Gasteiger partial charge in [0.2, 0.25) is 0 Å². The van der Waals surface area contributed by atoms with E-state index in [1.165, 1.54) is 32.1 Å². The molecule has 0 spiro atoms. The Morgan fingerprint density at radius 3 is 2.38 bits per heavy atom. The molecule has 0 atom stereocenters. The van der Waals surface area contributed by atoms with Crippen molar-refractivity contribution >= 4 is 0 Å². The minimum absolute atomic E-state index is 0.903. The minimum atomic E-state index is 0.903. The van der Waals surface area contributed by atoms with E-state index in [1.807, 2.05) is 6.08 Å². The zero-order valence-electron chi connectivity index (χ0n) is 9.06. The summed E-state index contributed by atoms with van der Waals surface area (Å²) in [5.41, 5.74) is 0. The van der Waals surface area contributed by atoms with Gasteiger partial charge in [0.05, 0.1) is 0 Å². The molecular weight excluding hydrogens is 160 g/mol. The van der Waals surface area contributed by atoms with Gasteiger partial charge in [0, 0.05) is 13.2 Å². The van der Waals surface area contributed by atoms with Crippen molar-refractivity contribution in [1.29, 1.82) is 0 Å². The van der Waals surface area contributed by atoms with Crippen LogP contribution in [0.1, 0.15) is 51.9 Å². The van der Waals surface area contributed by atoms with Gasteiger partial charge in [-0.05, 0) is 19.3 Å². The monoisotopic (exact) mass is 184 g/mol. The largest absolute Gasteiger partial charge is 0.381 e. The van der Waals surface area contributed by atoms with Crippen molar-refractivity contribution in [3.63, 3.8) is 0 Å². The van der Waals surface area contributed by atoms with Crippen molar-refractivity contribution in [1.82, 2.24) is 0 Å². The van der Waals surface area contributed by atoms with Gasteiger partial charge in [-0.1, -0.05) is 38.7 Å². The smallest absolute Gasteiger partial charge is 0.0468 e. The third kappa shape index (κ3) is 11.7. The highest BCUT2D eigenvalue weighted by atomic mass is 16.5. The number of allylic oxidation sites excluding steroid dienone is 1. The Kier molecular flexibility index (Phi) is 11.4. The highest BCUT2D eigenvalue weighted by molar-refractivity contribution is 4.64. The lowest BCUT2D eigenvalue weighted by atomic mass is 10.2. The molecule has 0 saturated carbocycles. The average Bonchev–Trinajstić information content (AvgIpc) is 2.16. The summed E-state index contributed by atoms with van der Waals surface area (Å²) in [5.74, 6) is 0. The molecule has 0 aliphatic carbocycles. The summed E-state index contributed by atoms with van der Waals surface area (Å²) in [6, 6.07) is 0. The third-order valence-electron chi connectivity index (χ3n) is 2.09. The summed E-state index contributed by atoms with van der Waals surface area (Å²) in [5, 5.41) is 0. The van der Waals surface area contributed by atoms with Crippen LogP contribution in [0.5, 0.6) is 0 Å². The van der Waals surface area contributed by atoms with Gasteiger partial charge in [-0.3, -0.25) is 0 Å². The molecular formula is C12H24O. The molecule has 13 heavy (non-hydrogen) atoms. The van der Waals surface area contributed by atoms with Gasteiger partial charge in [-0.25, -0.2) is 0 Å². The standard InChI is InChI=1S/C12H24O/c1-3-5-7-8-10-12-13-11-9-6-4-2/h4H,2-3,5-12H2,1H3. The van der Waals surface area contributed by atoms with E-state index in [2.05, 4.69) is 13.5 Å². The fourth-order valence-electron chi connectivity index (χ4n) is 1.24. The molecule has 0 bridgehead atoms. The van der Waals surface area contributed by atoms with Crippen LogP contribution in [0.25, 0.3) is 0 Å². The fourth-order valence-corrected chi connectivity index (χ4v) is 1.24. The third-order valence-corrected chi connectivity index (χ3v) is 2.09. The summed E-state index contributed by atoms with van der Waals surface area (Å²) in [7, 11) is 0. The number of hydrogen-bond donors (Lipinski definition) is 0. The van der Waals surface area contributed by atoms with Gasteiger partial charge < -0.3 is 4.74 Å². The van der Waals surface area contributed by atoms with E-state index in [0.29, 0.717) is 0 Å². The molecule has 0 saturated heterocycles. The molecule has 0 aliphatic heterocycles. The van der Waals surface area contributed by atoms with Crippen molar-refractivity contribution in [2.45, 2.75) is 51.9 Å². The van der Waals surface area contributed by atoms with Crippen molar-refractivity contribution in [2.24, 2.45) is 0 Å². The summed E-state index contributed by atoms with van der Waals surface area (Å²) in [6.45, 7) is 7.76. The lowest BCUT2D eigenvalue weighted by molar-refractivity contribution is 0.128. The maximum atomic E-state index is 5.47. The first-order valence-corrected chi connectivity index (χ1v) is 5.60. The zero-order chi connectivity index (χ0) is 9.78. The van der Waals surface area contributed by atoms with Crippen molar-refractivity contribution < 1.29 is 4.74 Å². The average molecular weight is 184 g/mol. The van der Waals surface area contributed by atoms with Crippen LogP contribution in [0, 0.1) is 0 Å². The van der Waals surface area contributed by atoms with Crippen LogP contribution in [-0.2, 0) is 4.74 Å². The molecule has 0 aliphatic rings. The summed E-state index contributed by atoms with van der Waals surface area (Å²) in [6.07, 6.45) is 10.8. The summed E-state index contributed by atoms with van der Waals surface area (Å²) >= 11 is 0. The van der Waals surface area contributed by atoms with E-state index in [4.69, 9.17) is 4.74 Å². The Hall–Kier alpha value is -0.300. The predicted molar refractivity (Wildman–Crippen MR) is 59.0 cm³/mol. The van der Waals surface area contributed by atoms with Gasteiger partial charge in [0.15, 0.2) is 0 Å². The fraction of sp³-hybridized carbons (Fsp3) is 0.833. The van der Waals surface area contributed by atoms with E-state index in [0.717, 1.165) is 26.1 Å². The molecule has 78 valence electrons. The van der Waals surface area contributed by atoms with Crippen LogP contribution < -0.4 is 0 Å². The molecule has 0 amide bonds. The number of rotatable bonds is 10. The molecule has 0 N–H and O–H groups in total. The first-order chi connectivity index (χ1) is 6.41. The van der Waals surface area contributed by atoms with Crippen LogP contribution >= 0.6 is 0 Å². The molecule has 1 nitrogen and oxygen atoms in total. The lowest BCUT2D eigenvalue weighted by Crippen LogP contribution is -1.96. The van der Waals surface area contributed by atoms with E-state index >= 15 is 0 Å². The second-order valence-electron chi connectivity index (χ2n) is 3.46. The molecule has 0 radical (unpaired) electrons. The topological polar surface area (TPSA) is 9.23 Å². The summed E-state index contributed by atoms with van der Waals surface area (Å²) < 4.78 is 5.47. The van der Waals surface area contributed by atoms with Crippen LogP contribution in [0.3, 0.4) is 0 Å². The van der Waals surface area contributed by atoms with Gasteiger partial charge in [0.1, 0.15) is 0 Å². The van der Waals surface area contributed by atoms with Crippen LogP contribution in [0.15, 0.2) is 12.7 Å². The first kappa shape index (κ1) is 12.7. The van der Waals surface area contributed by atoms with Gasteiger partial charge in [-0.15, -0.1) is 6.58 Å². The first-order valence-electron chi connectivity index (χ1n) is 5.60. The van der Waals surface area contributed by atoms with E-state index in [1.54, 1.807) is 0 Å². The Labute approximate surface area is 83.2 Å². The number of unbranched alkanes of at least 4 members (excludes halogenated alkanes) is 5. The van der Waals surface area contributed by atoms with Crippen molar-refractivity contribution in [3.8, 4) is 0 Å². The SMILES string of the molecule is C=CCCCOCCCCCCC. The molecule has 0 aromatic rings. The van der Waals surface area contributed by atoms with E-state index in [-0.39, 0.29) is 0 Å². The molecule has 0 aromatic carbocycles. The highest BCUT2D eigenvalue weighted by Crippen LogP contribution is 2.02. The lowest BCUT2D eigenvalue weighted by Gasteiger charge is -2.02. The molecule has 0 unspecified atom stereocenters. The maximum absolute atomic E-state index is 5.47. The maximum Gasteiger partial charge on any atom is 0.0468 e. The quantitative estimate of drug-likeness (QED) is 0.369. The van der Waals surface area contributed by atoms with Crippen LogP contribution in [-0.4, -0.2) is 13.2 Å². The second kappa shape index (κ2) is 11.7. The van der Waals surface area contributed by atoms with Crippen molar-refractivity contribution in [3.05, 3.63) is 12.7 Å². The van der Waals surface area contributed by atoms with Crippen molar-refractivity contribution in [2.75, 3.05) is 13.2 Å². The molecule has 0 fully saturated rings. The molecule has 1 heteroatoms. The van der Waals surface area contributed by atoms with Gasteiger partial charge >= 0.3 is 0 Å². The Balaban J connectivity index is 2.79. The Morgan fingerprint density at radius 1 is 1.00 bits per heavy atom. The summed E-state index contributed by atoms with van der Waals surface area (Å²) in [4.78, 5) is 0. The van der Waals surface area contributed by atoms with Gasteiger partial charge in [0.25, 0.3) is 0 Å². The minimum Gasteiger partial charge on any atom is -0.381 e. The second-order valence-corrected chi connectivity index (χ2v) is 3.46. The normalized spacial score (nSPS) is 10.2. The van der Waals surface area contributed by atoms with Crippen LogP contribution in [0.4, 0.5) is 0 Å². The zero-order valence-corrected chi connectivity index (χ0v) is 9.06. The van der Waals surface area contributed by atoms with Crippen LogP contribution in [0.2, 0.25) is 0 Å². The number of ether oxygens (including phenoxy) is 1. The molecule has 0 heterocycles. The number of hydrogen-bond acceptors (Lipinski definition) is 1.